The van der Waals surface area contributed by atoms with E-state index in [1.807, 2.05) is 19.9 Å². The Bertz CT molecular complexity index is 928. The Kier molecular flexibility index (Phi) is 6.54. The first-order valence-corrected chi connectivity index (χ1v) is 11.7. The zero-order chi connectivity index (χ0) is 22.2. The van der Waals surface area contributed by atoms with E-state index in [2.05, 4.69) is 5.32 Å². The summed E-state index contributed by atoms with van der Waals surface area (Å²) in [6, 6.07) is 0.848. The third-order valence-electron chi connectivity index (χ3n) is 5.98. The lowest BCUT2D eigenvalue weighted by molar-refractivity contribution is -0.144. The number of amides is 1. The number of aryl methyl sites for hydroxylation is 2. The number of hydrogen-bond acceptors (Lipinski definition) is 6. The molecule has 0 bridgehead atoms. The molecule has 9 heteroatoms. The average Bonchev–Trinajstić information content (AvgIpc) is 3.42. The Morgan fingerprint density at radius 1 is 1.17 bits per heavy atom. The SMILES string of the molecule is Cc1cc(C)c(C)c(S(=O)(=O)N2C[C@H](O)C[C@H]2C(=O)NCC(=O)OCC2CC2)c1C. The third-order valence-corrected chi connectivity index (χ3v) is 8.13. The fraction of sp³-hybridized carbons (Fsp3) is 0.619. The van der Waals surface area contributed by atoms with Crippen LogP contribution < -0.4 is 5.32 Å². The Morgan fingerprint density at radius 2 is 1.77 bits per heavy atom. The number of ether oxygens (including phenoxy) is 1. The fourth-order valence-corrected chi connectivity index (χ4v) is 6.01. The molecule has 1 aromatic rings. The van der Waals surface area contributed by atoms with Gasteiger partial charge < -0.3 is 15.2 Å². The van der Waals surface area contributed by atoms with Crippen LogP contribution in [0.2, 0.25) is 0 Å². The quantitative estimate of drug-likeness (QED) is 0.617. The van der Waals surface area contributed by atoms with Crippen LogP contribution in [0.1, 0.15) is 41.5 Å². The first-order valence-electron chi connectivity index (χ1n) is 10.2. The molecule has 1 saturated heterocycles. The van der Waals surface area contributed by atoms with Crippen LogP contribution >= 0.6 is 0 Å². The number of benzene rings is 1. The molecule has 1 aliphatic heterocycles. The molecule has 1 aromatic carbocycles. The molecule has 3 rings (SSSR count). The zero-order valence-corrected chi connectivity index (χ0v) is 18.7. The van der Waals surface area contributed by atoms with Crippen molar-refractivity contribution in [2.24, 2.45) is 5.92 Å². The zero-order valence-electron chi connectivity index (χ0n) is 17.9. The van der Waals surface area contributed by atoms with E-state index in [1.54, 1.807) is 13.8 Å². The van der Waals surface area contributed by atoms with Crippen LogP contribution in [0.15, 0.2) is 11.0 Å². The van der Waals surface area contributed by atoms with Gasteiger partial charge in [0.15, 0.2) is 0 Å². The van der Waals surface area contributed by atoms with Gasteiger partial charge in [-0.05, 0) is 68.7 Å². The van der Waals surface area contributed by atoms with Crippen molar-refractivity contribution in [1.29, 1.82) is 0 Å². The number of nitrogens with zero attached hydrogens (tertiary/aromatic N) is 1. The molecule has 30 heavy (non-hydrogen) atoms. The van der Waals surface area contributed by atoms with Gasteiger partial charge in [-0.3, -0.25) is 9.59 Å². The molecule has 0 spiro atoms. The van der Waals surface area contributed by atoms with Gasteiger partial charge in [-0.25, -0.2) is 8.42 Å². The Labute approximate surface area is 177 Å². The predicted octanol–water partition coefficient (Wildman–Crippen LogP) is 1.11. The summed E-state index contributed by atoms with van der Waals surface area (Å²) in [4.78, 5) is 24.7. The van der Waals surface area contributed by atoms with Gasteiger partial charge in [0.25, 0.3) is 0 Å². The van der Waals surface area contributed by atoms with Crippen molar-refractivity contribution in [1.82, 2.24) is 9.62 Å². The number of rotatable bonds is 7. The first kappa shape index (κ1) is 22.7. The number of aliphatic hydroxyl groups excluding tert-OH is 1. The lowest BCUT2D eigenvalue weighted by Crippen LogP contribution is -2.47. The largest absolute Gasteiger partial charge is 0.464 e. The van der Waals surface area contributed by atoms with Gasteiger partial charge in [0.2, 0.25) is 15.9 Å². The second kappa shape index (κ2) is 8.64. The van der Waals surface area contributed by atoms with Crippen LogP contribution in [0.4, 0.5) is 0 Å². The fourth-order valence-electron chi connectivity index (χ4n) is 3.80. The maximum atomic E-state index is 13.5. The molecular formula is C21H30N2O6S. The number of carbonyl (C=O) groups is 2. The first-order chi connectivity index (χ1) is 14.0. The summed E-state index contributed by atoms with van der Waals surface area (Å²) in [5.74, 6) is -0.748. The molecule has 2 atom stereocenters. The molecule has 1 heterocycles. The highest BCUT2D eigenvalue weighted by Gasteiger charge is 2.44. The minimum atomic E-state index is -4.03. The summed E-state index contributed by atoms with van der Waals surface area (Å²) >= 11 is 0. The molecule has 166 valence electrons. The minimum absolute atomic E-state index is 0.0227. The van der Waals surface area contributed by atoms with E-state index < -0.39 is 34.0 Å². The van der Waals surface area contributed by atoms with Gasteiger partial charge in [0.1, 0.15) is 12.6 Å². The highest BCUT2D eigenvalue weighted by atomic mass is 32.2. The Balaban J connectivity index is 1.78. The van der Waals surface area contributed by atoms with E-state index >= 15 is 0 Å². The van der Waals surface area contributed by atoms with E-state index in [-0.39, 0.29) is 24.4 Å². The highest BCUT2D eigenvalue weighted by molar-refractivity contribution is 7.89. The molecule has 0 radical (unpaired) electrons. The Morgan fingerprint density at radius 3 is 2.33 bits per heavy atom. The molecule has 0 aromatic heterocycles. The van der Waals surface area contributed by atoms with Crippen molar-refractivity contribution < 1.29 is 27.9 Å². The Hall–Kier alpha value is -1.97. The monoisotopic (exact) mass is 438 g/mol. The molecule has 1 aliphatic carbocycles. The molecule has 2 aliphatic rings. The summed E-state index contributed by atoms with van der Waals surface area (Å²) < 4.78 is 33.2. The van der Waals surface area contributed by atoms with Gasteiger partial charge in [0.05, 0.1) is 17.6 Å². The summed E-state index contributed by atoms with van der Waals surface area (Å²) in [7, 11) is -4.03. The summed E-state index contributed by atoms with van der Waals surface area (Å²) in [5, 5.41) is 12.6. The number of aliphatic hydroxyl groups is 1. The van der Waals surface area contributed by atoms with Crippen LogP contribution in [0.5, 0.6) is 0 Å². The van der Waals surface area contributed by atoms with Crippen molar-refractivity contribution in [2.75, 3.05) is 19.7 Å². The predicted molar refractivity (Wildman–Crippen MR) is 110 cm³/mol. The van der Waals surface area contributed by atoms with Gasteiger partial charge in [-0.15, -0.1) is 0 Å². The number of esters is 1. The van der Waals surface area contributed by atoms with Crippen molar-refractivity contribution >= 4 is 21.9 Å². The lowest BCUT2D eigenvalue weighted by Gasteiger charge is -2.26. The molecule has 1 saturated carbocycles. The molecule has 8 nitrogen and oxygen atoms in total. The van der Waals surface area contributed by atoms with Gasteiger partial charge in [0, 0.05) is 13.0 Å². The molecular weight excluding hydrogens is 408 g/mol. The van der Waals surface area contributed by atoms with Gasteiger partial charge in [-0.1, -0.05) is 6.07 Å². The van der Waals surface area contributed by atoms with Crippen molar-refractivity contribution in [3.63, 3.8) is 0 Å². The van der Waals surface area contributed by atoms with E-state index in [4.69, 9.17) is 4.74 Å². The van der Waals surface area contributed by atoms with E-state index in [9.17, 15) is 23.1 Å². The third kappa shape index (κ3) is 4.68. The van der Waals surface area contributed by atoms with Crippen molar-refractivity contribution in [3.05, 3.63) is 28.3 Å². The number of sulfonamides is 1. The molecule has 0 unspecified atom stereocenters. The number of nitrogens with one attached hydrogen (secondary N) is 1. The van der Waals surface area contributed by atoms with Crippen molar-refractivity contribution in [3.8, 4) is 0 Å². The number of carbonyl (C=O) groups excluding carboxylic acids is 2. The summed E-state index contributed by atoms with van der Waals surface area (Å²) in [6.45, 7) is 7.03. The smallest absolute Gasteiger partial charge is 0.325 e. The highest BCUT2D eigenvalue weighted by Crippen LogP contribution is 2.33. The van der Waals surface area contributed by atoms with Crippen LogP contribution in [0.3, 0.4) is 0 Å². The van der Waals surface area contributed by atoms with Crippen LogP contribution in [-0.2, 0) is 24.3 Å². The van der Waals surface area contributed by atoms with Crippen LogP contribution in [-0.4, -0.2) is 61.5 Å². The van der Waals surface area contributed by atoms with Gasteiger partial charge in [-0.2, -0.15) is 4.31 Å². The second-order valence-electron chi connectivity index (χ2n) is 8.41. The van der Waals surface area contributed by atoms with E-state index in [0.717, 1.165) is 28.3 Å². The van der Waals surface area contributed by atoms with Crippen LogP contribution in [0.25, 0.3) is 0 Å². The maximum Gasteiger partial charge on any atom is 0.325 e. The summed E-state index contributed by atoms with van der Waals surface area (Å²) in [6.07, 6.45) is 1.11. The second-order valence-corrected chi connectivity index (χ2v) is 10.2. The topological polar surface area (TPSA) is 113 Å². The number of β-amino-alcohol motifs (C(OH)–C–C–N with tert-alkyl or cyclic N) is 1. The van der Waals surface area contributed by atoms with E-state index in [1.165, 1.54) is 0 Å². The maximum absolute atomic E-state index is 13.5. The van der Waals surface area contributed by atoms with Gasteiger partial charge >= 0.3 is 5.97 Å². The lowest BCUT2D eigenvalue weighted by atomic mass is 10.0. The van der Waals surface area contributed by atoms with Crippen molar-refractivity contribution in [2.45, 2.75) is 64.0 Å². The number of hydrogen-bond donors (Lipinski definition) is 2. The minimum Gasteiger partial charge on any atom is -0.464 e. The summed E-state index contributed by atoms with van der Waals surface area (Å²) in [5.41, 5.74) is 2.94. The molecule has 2 fully saturated rings. The standard InChI is InChI=1S/C21H30N2O6S/c1-12-7-13(2)15(4)20(14(12)3)30(27,28)23-10-17(24)8-18(23)21(26)22-9-19(25)29-11-16-5-6-16/h7,16-18,24H,5-6,8-11H2,1-4H3,(H,22,26)/t17-,18+/m1/s1. The van der Waals surface area contributed by atoms with Crippen LogP contribution in [0, 0.1) is 33.6 Å². The normalized spacial score (nSPS) is 22.2. The molecule has 2 N–H and O–H groups in total. The average molecular weight is 439 g/mol. The van der Waals surface area contributed by atoms with E-state index in [0.29, 0.717) is 23.7 Å². The molecule has 1 amide bonds.